The highest BCUT2D eigenvalue weighted by molar-refractivity contribution is 7.98. The number of aryl methyl sites for hydroxylation is 1. The van der Waals surface area contributed by atoms with Crippen LogP contribution in [-0.2, 0) is 4.79 Å². The Morgan fingerprint density at radius 3 is 2.61 bits per heavy atom. The third-order valence-corrected chi connectivity index (χ3v) is 5.23. The lowest BCUT2D eigenvalue weighted by atomic mass is 10.0. The minimum absolute atomic E-state index is 0.157. The standard InChI is InChI=1S/C20H17ClN4O2S/c1-11-4-9-16-15(10-11)17-18(22-20(28-3)24-23-17)27-19(25(16)12(2)26)13-5-7-14(21)8-6-13/h4-10,19H,1-3H3/t19-/m0/s1. The highest BCUT2D eigenvalue weighted by atomic mass is 35.5. The number of carbonyl (C=O) groups is 1. The van der Waals surface area contributed by atoms with E-state index < -0.39 is 6.23 Å². The van der Waals surface area contributed by atoms with Gasteiger partial charge >= 0.3 is 0 Å². The molecule has 2 heterocycles. The number of rotatable bonds is 2. The fourth-order valence-electron chi connectivity index (χ4n) is 3.15. The van der Waals surface area contributed by atoms with E-state index in [2.05, 4.69) is 15.2 Å². The first-order valence-electron chi connectivity index (χ1n) is 8.59. The fourth-order valence-corrected chi connectivity index (χ4v) is 3.57. The highest BCUT2D eigenvalue weighted by Crippen LogP contribution is 2.43. The van der Waals surface area contributed by atoms with E-state index >= 15 is 0 Å². The van der Waals surface area contributed by atoms with Gasteiger partial charge in [-0.3, -0.25) is 9.69 Å². The van der Waals surface area contributed by atoms with Crippen molar-refractivity contribution in [2.24, 2.45) is 0 Å². The number of carbonyl (C=O) groups excluding carboxylic acids is 1. The van der Waals surface area contributed by atoms with Gasteiger partial charge in [-0.2, -0.15) is 4.98 Å². The lowest BCUT2D eigenvalue weighted by Crippen LogP contribution is -2.36. The van der Waals surface area contributed by atoms with Crippen molar-refractivity contribution in [1.82, 2.24) is 15.2 Å². The monoisotopic (exact) mass is 412 g/mol. The maximum absolute atomic E-state index is 12.7. The van der Waals surface area contributed by atoms with Gasteiger partial charge in [0.05, 0.1) is 5.69 Å². The summed E-state index contributed by atoms with van der Waals surface area (Å²) >= 11 is 7.42. The second kappa shape index (κ2) is 7.41. The van der Waals surface area contributed by atoms with E-state index in [1.807, 2.05) is 43.5 Å². The molecule has 4 rings (SSSR count). The van der Waals surface area contributed by atoms with Gasteiger partial charge in [0.25, 0.3) is 0 Å². The quantitative estimate of drug-likeness (QED) is 0.570. The van der Waals surface area contributed by atoms with E-state index in [1.54, 1.807) is 17.0 Å². The second-order valence-electron chi connectivity index (χ2n) is 6.38. The summed E-state index contributed by atoms with van der Waals surface area (Å²) in [6, 6.07) is 13.0. The number of anilines is 1. The van der Waals surface area contributed by atoms with Crippen LogP contribution in [-0.4, -0.2) is 27.3 Å². The van der Waals surface area contributed by atoms with E-state index in [0.29, 0.717) is 27.4 Å². The van der Waals surface area contributed by atoms with Gasteiger partial charge in [0, 0.05) is 23.1 Å². The Kier molecular flexibility index (Phi) is 4.95. The SMILES string of the molecule is CSc1nnc2c(n1)O[C@@H](c1ccc(Cl)cc1)N(C(C)=O)c1ccc(C)cc1-2. The van der Waals surface area contributed by atoms with Crippen molar-refractivity contribution in [3.8, 4) is 17.1 Å². The van der Waals surface area contributed by atoms with Crippen LogP contribution in [0.1, 0.15) is 24.3 Å². The molecule has 0 N–H and O–H groups in total. The van der Waals surface area contributed by atoms with E-state index in [9.17, 15) is 4.79 Å². The van der Waals surface area contributed by atoms with Crippen molar-refractivity contribution >= 4 is 35.0 Å². The second-order valence-corrected chi connectivity index (χ2v) is 7.59. The molecular weight excluding hydrogens is 396 g/mol. The molecule has 1 aromatic heterocycles. The number of benzene rings is 2. The molecule has 0 bridgehead atoms. The van der Waals surface area contributed by atoms with Gasteiger partial charge < -0.3 is 4.74 Å². The van der Waals surface area contributed by atoms with Crippen LogP contribution in [0.25, 0.3) is 11.3 Å². The third-order valence-electron chi connectivity index (χ3n) is 4.44. The first-order chi connectivity index (χ1) is 13.5. The summed E-state index contributed by atoms with van der Waals surface area (Å²) in [5, 5.41) is 9.62. The predicted molar refractivity (Wildman–Crippen MR) is 110 cm³/mol. The summed E-state index contributed by atoms with van der Waals surface area (Å²) in [6.45, 7) is 3.50. The first-order valence-corrected chi connectivity index (χ1v) is 10.2. The van der Waals surface area contributed by atoms with Crippen LogP contribution in [0.5, 0.6) is 5.88 Å². The van der Waals surface area contributed by atoms with Crippen molar-refractivity contribution in [1.29, 1.82) is 0 Å². The van der Waals surface area contributed by atoms with Gasteiger partial charge in [-0.05, 0) is 37.4 Å². The van der Waals surface area contributed by atoms with Gasteiger partial charge in [-0.15, -0.1) is 10.2 Å². The number of ether oxygens (including phenoxy) is 1. The molecule has 1 aliphatic heterocycles. The predicted octanol–water partition coefficient (Wildman–Crippen LogP) is 4.67. The van der Waals surface area contributed by atoms with Crippen LogP contribution in [0.15, 0.2) is 47.6 Å². The average molecular weight is 413 g/mol. The highest BCUT2D eigenvalue weighted by Gasteiger charge is 2.34. The van der Waals surface area contributed by atoms with Crippen LogP contribution in [0.4, 0.5) is 5.69 Å². The van der Waals surface area contributed by atoms with Gasteiger partial charge in [-0.25, -0.2) is 0 Å². The largest absolute Gasteiger partial charge is 0.447 e. The normalized spacial score (nSPS) is 15.3. The van der Waals surface area contributed by atoms with Crippen LogP contribution in [0, 0.1) is 6.92 Å². The molecule has 6 nitrogen and oxygen atoms in total. The molecule has 28 heavy (non-hydrogen) atoms. The van der Waals surface area contributed by atoms with Crippen LogP contribution < -0.4 is 9.64 Å². The van der Waals surface area contributed by atoms with Crippen molar-refractivity contribution in [2.45, 2.75) is 25.2 Å². The topological polar surface area (TPSA) is 68.2 Å². The Balaban J connectivity index is 1.98. The molecule has 0 unspecified atom stereocenters. The van der Waals surface area contributed by atoms with Crippen molar-refractivity contribution in [3.05, 3.63) is 58.6 Å². The molecule has 0 spiro atoms. The maximum atomic E-state index is 12.7. The van der Waals surface area contributed by atoms with Crippen LogP contribution in [0.3, 0.4) is 0 Å². The Morgan fingerprint density at radius 2 is 1.93 bits per heavy atom. The lowest BCUT2D eigenvalue weighted by Gasteiger charge is -2.30. The summed E-state index contributed by atoms with van der Waals surface area (Å²) in [4.78, 5) is 18.8. The van der Waals surface area contributed by atoms with Crippen molar-refractivity contribution < 1.29 is 9.53 Å². The summed E-state index contributed by atoms with van der Waals surface area (Å²) in [5.41, 5.74) is 3.79. The molecule has 0 saturated heterocycles. The number of fused-ring (bicyclic) bond motifs is 3. The molecule has 1 atom stereocenters. The van der Waals surface area contributed by atoms with E-state index in [-0.39, 0.29) is 5.91 Å². The van der Waals surface area contributed by atoms with Crippen LogP contribution >= 0.6 is 23.4 Å². The van der Waals surface area contributed by atoms with Crippen molar-refractivity contribution in [2.75, 3.05) is 11.2 Å². The molecule has 2 aromatic carbocycles. The number of nitrogens with zero attached hydrogens (tertiary/aromatic N) is 4. The minimum Gasteiger partial charge on any atom is -0.447 e. The molecule has 0 saturated carbocycles. The molecular formula is C20H17ClN4O2S. The third kappa shape index (κ3) is 3.31. The Morgan fingerprint density at radius 1 is 1.18 bits per heavy atom. The summed E-state index contributed by atoms with van der Waals surface area (Å²) in [5.74, 6) is 0.186. The summed E-state index contributed by atoms with van der Waals surface area (Å²) in [6.07, 6.45) is 1.17. The van der Waals surface area contributed by atoms with E-state index in [4.69, 9.17) is 16.3 Å². The van der Waals surface area contributed by atoms with Gasteiger partial charge in [-0.1, -0.05) is 47.1 Å². The molecule has 3 aromatic rings. The number of halogens is 1. The number of hydrogen-bond acceptors (Lipinski definition) is 6. The Labute approximate surface area is 171 Å². The number of hydrogen-bond donors (Lipinski definition) is 0. The minimum atomic E-state index is -0.705. The number of amides is 1. The Hall–Kier alpha value is -2.64. The zero-order chi connectivity index (χ0) is 19.8. The van der Waals surface area contributed by atoms with Gasteiger partial charge in [0.1, 0.15) is 0 Å². The molecule has 1 aliphatic rings. The number of thioether (sulfide) groups is 1. The smallest absolute Gasteiger partial charge is 0.247 e. The van der Waals surface area contributed by atoms with E-state index in [0.717, 1.165) is 16.7 Å². The molecule has 8 heteroatoms. The average Bonchev–Trinajstić information content (AvgIpc) is 2.82. The zero-order valence-electron chi connectivity index (χ0n) is 15.5. The van der Waals surface area contributed by atoms with Crippen LogP contribution in [0.2, 0.25) is 5.02 Å². The maximum Gasteiger partial charge on any atom is 0.247 e. The fraction of sp³-hybridized carbons (Fsp3) is 0.200. The first kappa shape index (κ1) is 18.7. The van der Waals surface area contributed by atoms with E-state index in [1.165, 1.54) is 18.7 Å². The molecule has 1 amide bonds. The number of aromatic nitrogens is 3. The molecule has 0 radical (unpaired) electrons. The molecule has 0 aliphatic carbocycles. The molecule has 142 valence electrons. The summed E-state index contributed by atoms with van der Waals surface area (Å²) in [7, 11) is 0. The lowest BCUT2D eigenvalue weighted by molar-refractivity contribution is -0.118. The summed E-state index contributed by atoms with van der Waals surface area (Å²) < 4.78 is 6.26. The Bertz CT molecular complexity index is 1060. The van der Waals surface area contributed by atoms with Gasteiger partial charge in [0.15, 0.2) is 5.69 Å². The van der Waals surface area contributed by atoms with Gasteiger partial charge in [0.2, 0.25) is 23.2 Å². The molecule has 0 fully saturated rings. The zero-order valence-corrected chi connectivity index (χ0v) is 17.1. The van der Waals surface area contributed by atoms with Crippen molar-refractivity contribution in [3.63, 3.8) is 0 Å².